The van der Waals surface area contributed by atoms with Crippen molar-refractivity contribution in [3.63, 3.8) is 0 Å². The van der Waals surface area contributed by atoms with E-state index in [4.69, 9.17) is 5.73 Å². The minimum Gasteiger partial charge on any atom is -0.477 e. The molecule has 0 spiro atoms. The van der Waals surface area contributed by atoms with E-state index >= 15 is 0 Å². The molecule has 2 aliphatic heterocycles. The lowest BCUT2D eigenvalue weighted by Crippen LogP contribution is -2.73. The second-order valence-corrected chi connectivity index (χ2v) is 9.02. The van der Waals surface area contributed by atoms with Crippen molar-refractivity contribution in [1.29, 1.82) is 0 Å². The lowest BCUT2D eigenvalue weighted by atomic mass is 10.0. The third-order valence-electron chi connectivity index (χ3n) is 4.86. The van der Waals surface area contributed by atoms with Crippen LogP contribution in [0.15, 0.2) is 22.8 Å². The number of hydrogen-bond acceptors (Lipinski definition) is 12. The molecule has 19 heteroatoms. The third kappa shape index (κ3) is 4.38. The molecule has 17 nitrogen and oxygen atoms in total. The van der Waals surface area contributed by atoms with Crippen LogP contribution in [0, 0.1) is 0 Å². The van der Waals surface area contributed by atoms with Crippen molar-refractivity contribution in [3.8, 4) is 0 Å². The van der Waals surface area contributed by atoms with Gasteiger partial charge >= 0.3 is 12.0 Å². The van der Waals surface area contributed by atoms with Gasteiger partial charge < -0.3 is 16.2 Å². The molecule has 2 aliphatic rings. The number of aromatic nitrogens is 8. The molecule has 0 aromatic carbocycles. The number of primary amides is 1. The first-order valence-electron chi connectivity index (χ1n) is 9.65. The number of carboxylic acid groups (broad SMARTS) is 1. The fraction of sp³-hybridized carbons (Fsp3) is 0.467. The van der Waals surface area contributed by atoms with Crippen LogP contribution in [-0.2, 0) is 20.9 Å². The molecule has 4 N–H and O–H groups in total. The van der Waals surface area contributed by atoms with Gasteiger partial charge in [0.15, 0.2) is 12.4 Å². The van der Waals surface area contributed by atoms with E-state index in [-0.39, 0.29) is 24.5 Å². The monoisotopic (exact) mass is 510 g/mol. The van der Waals surface area contributed by atoms with E-state index in [1.807, 2.05) is 0 Å². The van der Waals surface area contributed by atoms with Gasteiger partial charge in [-0.05, 0) is 26.4 Å². The van der Waals surface area contributed by atoms with Crippen LogP contribution in [0.1, 0.15) is 6.92 Å². The minimum absolute atomic E-state index is 0.132. The van der Waals surface area contributed by atoms with Crippen molar-refractivity contribution in [2.75, 3.05) is 23.1 Å². The van der Waals surface area contributed by atoms with Crippen LogP contribution in [0.3, 0.4) is 0 Å². The first-order valence-corrected chi connectivity index (χ1v) is 11.7. The van der Waals surface area contributed by atoms with E-state index in [0.717, 1.165) is 9.80 Å². The normalized spacial score (nSPS) is 19.4. The fourth-order valence-electron chi connectivity index (χ4n) is 3.47. The van der Waals surface area contributed by atoms with Gasteiger partial charge in [0.25, 0.3) is 5.91 Å². The average molecular weight is 511 g/mol. The van der Waals surface area contributed by atoms with Crippen LogP contribution in [0.5, 0.6) is 0 Å². The Kier molecular flexibility index (Phi) is 6.63. The summed E-state index contributed by atoms with van der Waals surface area (Å²) in [4.78, 5) is 50.4. The lowest BCUT2D eigenvalue weighted by Gasteiger charge is -2.51. The Morgan fingerprint density at radius 1 is 1.35 bits per heavy atom. The maximum Gasteiger partial charge on any atom is 0.352 e. The summed E-state index contributed by atoms with van der Waals surface area (Å²) in [5.74, 6) is -1.75. The van der Waals surface area contributed by atoms with Crippen LogP contribution >= 0.6 is 23.5 Å². The van der Waals surface area contributed by atoms with Crippen LogP contribution < -0.4 is 16.1 Å². The quantitative estimate of drug-likeness (QED) is 0.230. The van der Waals surface area contributed by atoms with Crippen molar-refractivity contribution in [2.24, 2.45) is 5.73 Å². The number of fused-ring (bicyclic) bond motifs is 1. The standard InChI is InChI=1S/C15H18N12O5S2/c1-7(28)27(25-6-18-20-23-25)10-11(29)26-9(13(30)31)8(4-33-12(10)26)5-34-15-19-21-22-24(15)3-2-17-14(16)32/h6,10,12H,2-5H2,1H3,(H,30,31)(H3,16,17,32)/t10?,12-/m1/s1. The van der Waals surface area contributed by atoms with Gasteiger partial charge in [-0.25, -0.2) is 19.3 Å². The first-order chi connectivity index (χ1) is 16.3. The second-order valence-electron chi connectivity index (χ2n) is 6.97. The van der Waals surface area contributed by atoms with Gasteiger partial charge in [0.1, 0.15) is 11.1 Å². The highest BCUT2D eigenvalue weighted by Gasteiger charge is 2.57. The zero-order chi connectivity index (χ0) is 24.4. The number of β-lactam (4-membered cyclic amide) rings is 1. The molecule has 2 atom stereocenters. The maximum atomic E-state index is 13.0. The molecule has 0 bridgehead atoms. The summed E-state index contributed by atoms with van der Waals surface area (Å²) < 4.78 is 1.45. The summed E-state index contributed by atoms with van der Waals surface area (Å²) in [5.41, 5.74) is 5.41. The molecule has 2 aromatic heterocycles. The number of nitrogens with two attached hydrogens (primary N) is 1. The van der Waals surface area contributed by atoms with Gasteiger partial charge in [0.05, 0.1) is 6.54 Å². The summed E-state index contributed by atoms with van der Waals surface area (Å²) in [7, 11) is 0. The van der Waals surface area contributed by atoms with Crippen molar-refractivity contribution < 1.29 is 24.3 Å². The number of amides is 4. The third-order valence-corrected chi connectivity index (χ3v) is 7.23. The van der Waals surface area contributed by atoms with Crippen LogP contribution in [0.4, 0.5) is 4.79 Å². The van der Waals surface area contributed by atoms with Crippen molar-refractivity contribution in [1.82, 2.24) is 50.7 Å². The number of urea groups is 1. The molecule has 180 valence electrons. The van der Waals surface area contributed by atoms with Crippen LogP contribution in [-0.4, -0.2) is 104 Å². The Hall–Kier alpha value is -3.74. The number of hydrogen-bond donors (Lipinski definition) is 3. The number of thioether (sulfide) groups is 2. The second kappa shape index (κ2) is 9.63. The number of tetrazole rings is 2. The molecule has 1 unspecified atom stereocenters. The predicted octanol–water partition coefficient (Wildman–Crippen LogP) is -2.77. The van der Waals surface area contributed by atoms with E-state index in [2.05, 4.69) is 36.4 Å². The van der Waals surface area contributed by atoms with Gasteiger partial charge in [-0.15, -0.1) is 26.8 Å². The molecular weight excluding hydrogens is 492 g/mol. The largest absolute Gasteiger partial charge is 0.477 e. The summed E-state index contributed by atoms with van der Waals surface area (Å²) >= 11 is 2.52. The zero-order valence-electron chi connectivity index (χ0n) is 17.5. The number of carbonyl (C=O) groups is 4. The molecule has 1 saturated heterocycles. The van der Waals surface area contributed by atoms with E-state index in [1.54, 1.807) is 0 Å². The summed E-state index contributed by atoms with van der Waals surface area (Å²) in [5, 5.41) is 35.2. The van der Waals surface area contributed by atoms with Gasteiger partial charge in [-0.3, -0.25) is 14.5 Å². The predicted molar refractivity (Wildman–Crippen MR) is 114 cm³/mol. The number of nitrogens with one attached hydrogen (secondary N) is 1. The highest BCUT2D eigenvalue weighted by Crippen LogP contribution is 2.43. The van der Waals surface area contributed by atoms with Crippen LogP contribution in [0.2, 0.25) is 0 Å². The topological polar surface area (TPSA) is 220 Å². The zero-order valence-corrected chi connectivity index (χ0v) is 19.1. The van der Waals surface area contributed by atoms with E-state index in [9.17, 15) is 24.3 Å². The SMILES string of the molecule is CC(=O)N(C1C(=O)N2C(C(=O)O)=C(CSc3nnnn3CCNC(N)=O)CS[C@H]12)n1cnnn1. The fourth-order valence-corrected chi connectivity index (χ4v) is 5.89. The maximum absolute atomic E-state index is 13.0. The highest BCUT2D eigenvalue weighted by molar-refractivity contribution is 8.01. The Balaban J connectivity index is 1.50. The molecular formula is C15H18N12O5S2. The van der Waals surface area contributed by atoms with Crippen molar-refractivity contribution in [2.45, 2.75) is 30.0 Å². The molecule has 0 aliphatic carbocycles. The molecule has 4 rings (SSSR count). The molecule has 0 radical (unpaired) electrons. The van der Waals surface area contributed by atoms with E-state index in [1.165, 1.54) is 46.4 Å². The summed E-state index contributed by atoms with van der Waals surface area (Å²) in [6.45, 7) is 1.75. The molecule has 4 heterocycles. The Morgan fingerprint density at radius 3 is 2.79 bits per heavy atom. The number of nitrogens with zero attached hydrogens (tertiary/aromatic N) is 10. The lowest BCUT2D eigenvalue weighted by molar-refractivity contribution is -0.150. The van der Waals surface area contributed by atoms with Gasteiger partial charge in [-0.2, -0.15) is 0 Å². The summed E-state index contributed by atoms with van der Waals surface area (Å²) in [6.07, 6.45) is 1.18. The number of carboxylic acids is 1. The Labute approximate surface area is 199 Å². The molecule has 2 aromatic rings. The minimum atomic E-state index is -1.25. The molecule has 0 saturated carbocycles. The molecule has 4 amide bonds. The van der Waals surface area contributed by atoms with Gasteiger partial charge in [0.2, 0.25) is 11.1 Å². The van der Waals surface area contributed by atoms with E-state index < -0.39 is 35.2 Å². The van der Waals surface area contributed by atoms with Crippen LogP contribution in [0.25, 0.3) is 0 Å². The van der Waals surface area contributed by atoms with Crippen molar-refractivity contribution in [3.05, 3.63) is 17.6 Å². The average Bonchev–Trinajstić information content (AvgIpc) is 3.46. The van der Waals surface area contributed by atoms with Gasteiger partial charge in [-0.1, -0.05) is 11.8 Å². The Bertz CT molecular complexity index is 1150. The number of rotatable bonds is 9. The van der Waals surface area contributed by atoms with Crippen molar-refractivity contribution >= 4 is 47.3 Å². The molecule has 1 fully saturated rings. The smallest absolute Gasteiger partial charge is 0.352 e. The molecule has 34 heavy (non-hydrogen) atoms. The number of aliphatic carboxylic acids is 1. The highest BCUT2D eigenvalue weighted by atomic mass is 32.2. The number of carbonyl (C=O) groups excluding carboxylic acids is 3. The Morgan fingerprint density at radius 2 is 2.15 bits per heavy atom. The summed E-state index contributed by atoms with van der Waals surface area (Å²) in [6, 6.07) is -1.62. The van der Waals surface area contributed by atoms with Gasteiger partial charge in [0, 0.05) is 25.0 Å². The van der Waals surface area contributed by atoms with E-state index in [0.29, 0.717) is 16.5 Å². The first kappa shape index (κ1) is 23.4.